The summed E-state index contributed by atoms with van der Waals surface area (Å²) in [6.45, 7) is 2.25. The highest BCUT2D eigenvalue weighted by Crippen LogP contribution is 2.23. The number of aryl methyl sites for hydroxylation is 1. The number of methoxy groups -OCH3 is 1. The first kappa shape index (κ1) is 18.5. The standard InChI is InChI=1S/C22H22N2O3/c1-16-20(14-23-24(16)2)21(25)11-9-17-10-12-22(26-3)18(13-17)15-27-19-7-5-4-6-8-19/h4-14H,15H2,1-3H3/b11-9+. The maximum atomic E-state index is 12.4. The van der Waals surface area contributed by atoms with Crippen molar-refractivity contribution >= 4 is 11.9 Å². The molecule has 138 valence electrons. The lowest BCUT2D eigenvalue weighted by Gasteiger charge is -2.11. The van der Waals surface area contributed by atoms with E-state index in [2.05, 4.69) is 5.10 Å². The average molecular weight is 362 g/mol. The minimum absolute atomic E-state index is 0.0708. The zero-order valence-corrected chi connectivity index (χ0v) is 15.7. The molecule has 0 spiro atoms. The number of allylic oxidation sites excluding steroid dienone is 1. The smallest absolute Gasteiger partial charge is 0.189 e. The van der Waals surface area contributed by atoms with E-state index in [1.165, 1.54) is 0 Å². The summed E-state index contributed by atoms with van der Waals surface area (Å²) in [5, 5.41) is 4.11. The summed E-state index contributed by atoms with van der Waals surface area (Å²) >= 11 is 0. The zero-order valence-electron chi connectivity index (χ0n) is 15.7. The lowest BCUT2D eigenvalue weighted by Crippen LogP contribution is -2.00. The highest BCUT2D eigenvalue weighted by Gasteiger charge is 2.10. The predicted octanol–water partition coefficient (Wildman–Crippen LogP) is 4.21. The van der Waals surface area contributed by atoms with Gasteiger partial charge in [-0.3, -0.25) is 9.48 Å². The van der Waals surface area contributed by atoms with Crippen molar-refractivity contribution in [2.45, 2.75) is 13.5 Å². The van der Waals surface area contributed by atoms with Gasteiger partial charge in [-0.05, 0) is 42.8 Å². The fourth-order valence-corrected chi connectivity index (χ4v) is 2.70. The molecule has 0 aliphatic rings. The molecular formula is C22H22N2O3. The SMILES string of the molecule is COc1ccc(/C=C/C(=O)c2cnn(C)c2C)cc1COc1ccccc1. The van der Waals surface area contributed by atoms with Crippen LogP contribution in [0.4, 0.5) is 0 Å². The lowest BCUT2D eigenvalue weighted by atomic mass is 10.1. The molecule has 1 aromatic heterocycles. The minimum atomic E-state index is -0.0708. The van der Waals surface area contributed by atoms with E-state index in [-0.39, 0.29) is 5.78 Å². The highest BCUT2D eigenvalue weighted by atomic mass is 16.5. The number of nitrogens with zero attached hydrogens (tertiary/aromatic N) is 2. The Kier molecular flexibility index (Phi) is 5.71. The molecule has 3 aromatic rings. The number of carbonyl (C=O) groups is 1. The Morgan fingerprint density at radius 1 is 1.19 bits per heavy atom. The van der Waals surface area contributed by atoms with Gasteiger partial charge in [0.1, 0.15) is 18.1 Å². The van der Waals surface area contributed by atoms with Crippen molar-refractivity contribution in [3.05, 3.63) is 83.2 Å². The topological polar surface area (TPSA) is 53.3 Å². The van der Waals surface area contributed by atoms with Crippen LogP contribution in [0.25, 0.3) is 6.08 Å². The number of aromatic nitrogens is 2. The van der Waals surface area contributed by atoms with Crippen LogP contribution in [0.5, 0.6) is 11.5 Å². The Balaban J connectivity index is 1.76. The van der Waals surface area contributed by atoms with Crippen molar-refractivity contribution in [1.82, 2.24) is 9.78 Å². The van der Waals surface area contributed by atoms with Gasteiger partial charge >= 0.3 is 0 Å². The molecule has 0 radical (unpaired) electrons. The Labute approximate surface area is 158 Å². The average Bonchev–Trinajstić information content (AvgIpc) is 3.04. The molecule has 0 aliphatic heterocycles. The maximum Gasteiger partial charge on any atom is 0.189 e. The first-order valence-electron chi connectivity index (χ1n) is 8.64. The second-order valence-corrected chi connectivity index (χ2v) is 6.14. The number of carbonyl (C=O) groups excluding carboxylic acids is 1. The molecule has 0 fully saturated rings. The van der Waals surface area contributed by atoms with Gasteiger partial charge in [-0.15, -0.1) is 0 Å². The van der Waals surface area contributed by atoms with Crippen molar-refractivity contribution in [3.8, 4) is 11.5 Å². The summed E-state index contributed by atoms with van der Waals surface area (Å²) in [6.07, 6.45) is 4.95. The third-order valence-electron chi connectivity index (χ3n) is 4.37. The van der Waals surface area contributed by atoms with Crippen LogP contribution in [0.1, 0.15) is 27.2 Å². The third kappa shape index (κ3) is 4.44. The number of hydrogen-bond acceptors (Lipinski definition) is 4. The molecule has 2 aromatic carbocycles. The van der Waals surface area contributed by atoms with Gasteiger partial charge in [0.2, 0.25) is 0 Å². The van der Waals surface area contributed by atoms with Gasteiger partial charge < -0.3 is 9.47 Å². The molecule has 5 heteroatoms. The molecule has 0 amide bonds. The van der Waals surface area contributed by atoms with Gasteiger partial charge in [0.15, 0.2) is 5.78 Å². The maximum absolute atomic E-state index is 12.4. The number of benzene rings is 2. The Morgan fingerprint density at radius 3 is 2.63 bits per heavy atom. The summed E-state index contributed by atoms with van der Waals surface area (Å²) in [6, 6.07) is 15.4. The van der Waals surface area contributed by atoms with Crippen LogP contribution < -0.4 is 9.47 Å². The molecule has 27 heavy (non-hydrogen) atoms. The van der Waals surface area contributed by atoms with Gasteiger partial charge in [0, 0.05) is 18.3 Å². The number of rotatable bonds is 7. The van der Waals surface area contributed by atoms with Crippen molar-refractivity contribution < 1.29 is 14.3 Å². The summed E-state index contributed by atoms with van der Waals surface area (Å²) < 4.78 is 12.9. The number of ether oxygens (including phenoxy) is 2. The molecule has 0 bridgehead atoms. The van der Waals surface area contributed by atoms with Crippen LogP contribution in [-0.4, -0.2) is 22.7 Å². The van der Waals surface area contributed by atoms with Crippen LogP contribution in [0.15, 0.2) is 60.8 Å². The van der Waals surface area contributed by atoms with E-state index in [1.54, 1.807) is 30.1 Å². The fraction of sp³-hybridized carbons (Fsp3) is 0.182. The van der Waals surface area contributed by atoms with Crippen molar-refractivity contribution in [3.63, 3.8) is 0 Å². The number of hydrogen-bond donors (Lipinski definition) is 0. The summed E-state index contributed by atoms with van der Waals surface area (Å²) in [7, 11) is 3.45. The Bertz CT molecular complexity index is 959. The third-order valence-corrected chi connectivity index (χ3v) is 4.37. The van der Waals surface area contributed by atoms with Crippen LogP contribution in [0, 0.1) is 6.92 Å². The monoisotopic (exact) mass is 362 g/mol. The summed E-state index contributed by atoms with van der Waals surface area (Å²) in [4.78, 5) is 12.4. The van der Waals surface area contributed by atoms with Crippen molar-refractivity contribution in [2.24, 2.45) is 7.05 Å². The van der Waals surface area contributed by atoms with Crippen molar-refractivity contribution in [1.29, 1.82) is 0 Å². The van der Waals surface area contributed by atoms with E-state index < -0.39 is 0 Å². The van der Waals surface area contributed by atoms with E-state index >= 15 is 0 Å². The molecule has 0 saturated heterocycles. The minimum Gasteiger partial charge on any atom is -0.496 e. The molecule has 1 heterocycles. The van der Waals surface area contributed by atoms with Gasteiger partial charge in [-0.2, -0.15) is 5.10 Å². The largest absolute Gasteiger partial charge is 0.496 e. The van der Waals surface area contributed by atoms with Gasteiger partial charge in [-0.1, -0.05) is 30.3 Å². The molecule has 5 nitrogen and oxygen atoms in total. The summed E-state index contributed by atoms with van der Waals surface area (Å²) in [5.74, 6) is 1.47. The van der Waals surface area contributed by atoms with Gasteiger partial charge in [0.05, 0.1) is 18.9 Å². The molecule has 0 aliphatic carbocycles. The van der Waals surface area contributed by atoms with E-state index in [0.29, 0.717) is 12.2 Å². The molecule has 0 N–H and O–H groups in total. The van der Waals surface area contributed by atoms with Crippen LogP contribution in [0.3, 0.4) is 0 Å². The van der Waals surface area contributed by atoms with E-state index in [4.69, 9.17) is 9.47 Å². The first-order chi connectivity index (χ1) is 13.1. The van der Waals surface area contributed by atoms with Crippen LogP contribution in [-0.2, 0) is 13.7 Å². The molecule has 0 atom stereocenters. The van der Waals surface area contributed by atoms with E-state index in [0.717, 1.165) is 28.3 Å². The molecule has 0 saturated carbocycles. The number of ketones is 1. The number of para-hydroxylation sites is 1. The second kappa shape index (κ2) is 8.36. The highest BCUT2D eigenvalue weighted by molar-refractivity contribution is 6.07. The zero-order chi connectivity index (χ0) is 19.2. The van der Waals surface area contributed by atoms with Gasteiger partial charge in [-0.25, -0.2) is 0 Å². The molecule has 3 rings (SSSR count). The first-order valence-corrected chi connectivity index (χ1v) is 8.64. The molecule has 0 unspecified atom stereocenters. The fourth-order valence-electron chi connectivity index (χ4n) is 2.70. The Hall–Kier alpha value is -3.34. The lowest BCUT2D eigenvalue weighted by molar-refractivity contribution is 0.104. The Morgan fingerprint density at radius 2 is 1.96 bits per heavy atom. The van der Waals surface area contributed by atoms with E-state index in [1.807, 2.05) is 62.5 Å². The predicted molar refractivity (Wildman–Crippen MR) is 105 cm³/mol. The second-order valence-electron chi connectivity index (χ2n) is 6.14. The van der Waals surface area contributed by atoms with Crippen LogP contribution in [0.2, 0.25) is 0 Å². The molecular weight excluding hydrogens is 340 g/mol. The summed E-state index contributed by atoms with van der Waals surface area (Å²) in [5.41, 5.74) is 3.26. The normalized spacial score (nSPS) is 10.9. The quantitative estimate of drug-likeness (QED) is 0.467. The van der Waals surface area contributed by atoms with Crippen LogP contribution >= 0.6 is 0 Å². The van der Waals surface area contributed by atoms with Crippen molar-refractivity contribution in [2.75, 3.05) is 7.11 Å². The van der Waals surface area contributed by atoms with E-state index in [9.17, 15) is 4.79 Å². The van der Waals surface area contributed by atoms with Gasteiger partial charge in [0.25, 0.3) is 0 Å².